The third-order valence-corrected chi connectivity index (χ3v) is 7.97. The summed E-state index contributed by atoms with van der Waals surface area (Å²) in [6, 6.07) is 13.0. The number of hydrogen-bond acceptors (Lipinski definition) is 9. The number of rotatable bonds is 7. The van der Waals surface area contributed by atoms with Gasteiger partial charge in [0.1, 0.15) is 17.7 Å². The molecule has 0 aliphatic carbocycles. The van der Waals surface area contributed by atoms with E-state index in [0.29, 0.717) is 30.2 Å². The maximum Gasteiger partial charge on any atom is 0.276 e. The van der Waals surface area contributed by atoms with Crippen molar-refractivity contribution in [2.75, 3.05) is 45.8 Å². The van der Waals surface area contributed by atoms with Crippen LogP contribution in [0.3, 0.4) is 0 Å². The Morgan fingerprint density at radius 1 is 1.25 bits per heavy atom. The highest BCUT2D eigenvalue weighted by atomic mass is 32.1. The van der Waals surface area contributed by atoms with Crippen LogP contribution in [0, 0.1) is 0 Å². The van der Waals surface area contributed by atoms with Crippen LogP contribution in [0.1, 0.15) is 20.8 Å². The molecule has 11 heteroatoms. The molecule has 3 heterocycles. The molecular formula is C25H25N5O4S2. The predicted molar refractivity (Wildman–Crippen MR) is 141 cm³/mol. The van der Waals surface area contributed by atoms with Gasteiger partial charge in [0.2, 0.25) is 0 Å². The van der Waals surface area contributed by atoms with E-state index in [9.17, 15) is 9.59 Å². The number of nitrogens with zero attached hydrogens (tertiary/aromatic N) is 4. The minimum absolute atomic E-state index is 0.166. The number of anilines is 1. The Labute approximate surface area is 216 Å². The molecule has 1 aliphatic rings. The van der Waals surface area contributed by atoms with E-state index in [0.717, 1.165) is 25.8 Å². The lowest BCUT2D eigenvalue weighted by Crippen LogP contribution is -2.44. The van der Waals surface area contributed by atoms with Gasteiger partial charge in [-0.25, -0.2) is 9.97 Å². The average Bonchev–Trinajstić information content (AvgIpc) is 3.65. The molecular weight excluding hydrogens is 498 g/mol. The first-order valence-corrected chi connectivity index (χ1v) is 13.0. The van der Waals surface area contributed by atoms with Crippen molar-refractivity contribution in [3.05, 3.63) is 59.2 Å². The fourth-order valence-electron chi connectivity index (χ4n) is 4.00. The fourth-order valence-corrected chi connectivity index (χ4v) is 5.78. The zero-order valence-corrected chi connectivity index (χ0v) is 21.7. The maximum atomic E-state index is 13.7. The van der Waals surface area contributed by atoms with Gasteiger partial charge in [0.05, 0.1) is 46.4 Å². The number of thiazole rings is 2. The molecule has 5 rings (SSSR count). The normalized spacial score (nSPS) is 15.3. The van der Waals surface area contributed by atoms with Crippen LogP contribution < -0.4 is 15.0 Å². The maximum absolute atomic E-state index is 13.7. The quantitative estimate of drug-likeness (QED) is 0.394. The molecule has 4 aromatic rings. The van der Waals surface area contributed by atoms with Crippen molar-refractivity contribution in [3.8, 4) is 16.2 Å². The number of amides is 2. The van der Waals surface area contributed by atoms with Gasteiger partial charge in [-0.3, -0.25) is 9.59 Å². The highest BCUT2D eigenvalue weighted by Crippen LogP contribution is 2.37. The number of fused-ring (bicyclic) bond motifs is 1. The van der Waals surface area contributed by atoms with Crippen LogP contribution in [0.5, 0.6) is 5.75 Å². The van der Waals surface area contributed by atoms with Crippen molar-refractivity contribution >= 4 is 49.8 Å². The molecule has 1 atom stereocenters. The van der Waals surface area contributed by atoms with Crippen molar-refractivity contribution in [2.45, 2.75) is 6.23 Å². The van der Waals surface area contributed by atoms with E-state index >= 15 is 0 Å². The van der Waals surface area contributed by atoms with Gasteiger partial charge in [0.15, 0.2) is 5.13 Å². The Hall–Kier alpha value is -3.54. The van der Waals surface area contributed by atoms with Crippen LogP contribution >= 0.6 is 22.7 Å². The highest BCUT2D eigenvalue weighted by Gasteiger charge is 2.34. The Balaban J connectivity index is 1.37. The largest absolute Gasteiger partial charge is 0.497 e. The second-order valence-corrected chi connectivity index (χ2v) is 10.2. The van der Waals surface area contributed by atoms with E-state index < -0.39 is 6.23 Å². The zero-order chi connectivity index (χ0) is 25.2. The second-order valence-electron chi connectivity index (χ2n) is 8.34. The summed E-state index contributed by atoms with van der Waals surface area (Å²) in [5.41, 5.74) is 4.27. The Morgan fingerprint density at radius 2 is 2.08 bits per heavy atom. The van der Waals surface area contributed by atoms with E-state index in [1.165, 1.54) is 22.7 Å². The second kappa shape index (κ2) is 10.2. The summed E-state index contributed by atoms with van der Waals surface area (Å²) in [5.74, 6) is 0.235. The van der Waals surface area contributed by atoms with Gasteiger partial charge in [0, 0.05) is 20.6 Å². The summed E-state index contributed by atoms with van der Waals surface area (Å²) in [5, 5.41) is 3.64. The molecule has 1 N–H and O–H groups in total. The van der Waals surface area contributed by atoms with Crippen LogP contribution in [-0.2, 0) is 4.74 Å². The fraction of sp³-hybridized carbons (Fsp3) is 0.280. The van der Waals surface area contributed by atoms with Crippen molar-refractivity contribution in [2.24, 2.45) is 0 Å². The number of hydrogen-bond donors (Lipinski definition) is 1. The number of carbonyl (C=O) groups excluding carboxylic acids is 2. The molecule has 1 saturated heterocycles. The topological polar surface area (TPSA) is 96.9 Å². The van der Waals surface area contributed by atoms with E-state index in [4.69, 9.17) is 9.47 Å². The van der Waals surface area contributed by atoms with E-state index in [2.05, 4.69) is 15.3 Å². The highest BCUT2D eigenvalue weighted by molar-refractivity contribution is 7.19. The Kier molecular flexibility index (Phi) is 6.86. The molecule has 186 valence electrons. The van der Waals surface area contributed by atoms with Crippen LogP contribution in [0.15, 0.2) is 48.0 Å². The third kappa shape index (κ3) is 4.64. The van der Waals surface area contributed by atoms with Gasteiger partial charge >= 0.3 is 0 Å². The van der Waals surface area contributed by atoms with Crippen molar-refractivity contribution in [1.29, 1.82) is 0 Å². The summed E-state index contributed by atoms with van der Waals surface area (Å²) in [4.78, 5) is 39.8. The summed E-state index contributed by atoms with van der Waals surface area (Å²) < 4.78 is 12.0. The summed E-state index contributed by atoms with van der Waals surface area (Å²) >= 11 is 2.86. The molecule has 1 fully saturated rings. The third-order valence-electron chi connectivity index (χ3n) is 5.82. The van der Waals surface area contributed by atoms with E-state index in [-0.39, 0.29) is 18.4 Å². The molecule has 0 bridgehead atoms. The van der Waals surface area contributed by atoms with Gasteiger partial charge < -0.3 is 24.6 Å². The lowest BCUT2D eigenvalue weighted by Gasteiger charge is -2.23. The molecule has 0 radical (unpaired) electrons. The molecule has 2 aromatic heterocycles. The van der Waals surface area contributed by atoms with Crippen LogP contribution in [0.2, 0.25) is 0 Å². The molecule has 0 spiro atoms. The average molecular weight is 524 g/mol. The number of carbonyl (C=O) groups is 2. The van der Waals surface area contributed by atoms with E-state index in [1.54, 1.807) is 23.6 Å². The van der Waals surface area contributed by atoms with Gasteiger partial charge in [-0.05, 0) is 29.8 Å². The summed E-state index contributed by atoms with van der Waals surface area (Å²) in [6.07, 6.45) is -0.593. The number of methoxy groups -OCH3 is 1. The summed E-state index contributed by atoms with van der Waals surface area (Å²) in [6.45, 7) is 0.963. The van der Waals surface area contributed by atoms with Gasteiger partial charge in [-0.2, -0.15) is 0 Å². The van der Waals surface area contributed by atoms with Crippen LogP contribution in [0.25, 0.3) is 20.7 Å². The number of ether oxygens (including phenoxy) is 2. The number of aromatic nitrogens is 2. The van der Waals surface area contributed by atoms with Crippen molar-refractivity contribution in [1.82, 2.24) is 20.2 Å². The first-order valence-electron chi connectivity index (χ1n) is 11.3. The molecule has 1 aliphatic heterocycles. The number of benzene rings is 2. The molecule has 2 amide bonds. The Bertz CT molecular complexity index is 1420. The zero-order valence-electron chi connectivity index (χ0n) is 20.1. The molecule has 2 aromatic carbocycles. The van der Waals surface area contributed by atoms with Crippen LogP contribution in [0.4, 0.5) is 5.13 Å². The molecule has 0 saturated carbocycles. The minimum atomic E-state index is -0.593. The van der Waals surface area contributed by atoms with Gasteiger partial charge in [-0.15, -0.1) is 11.3 Å². The number of nitrogens with one attached hydrogen (secondary N) is 1. The monoisotopic (exact) mass is 523 g/mol. The van der Waals surface area contributed by atoms with Crippen LogP contribution in [-0.4, -0.2) is 73.8 Å². The lowest BCUT2D eigenvalue weighted by atomic mass is 10.1. The van der Waals surface area contributed by atoms with Crippen molar-refractivity contribution < 1.29 is 19.1 Å². The molecule has 1 unspecified atom stereocenters. The first kappa shape index (κ1) is 24.2. The smallest absolute Gasteiger partial charge is 0.276 e. The SMILES string of the molecule is COc1cccc(-c2sc(N(C)C)nc2C(=O)N2CCOC2CNC(=O)c2cccc3ncsc23)c1. The standard InChI is InChI=1S/C25H25N5O4S2/c1-29(2)25-28-20(21(36-25)15-6-4-7-16(12-15)33-3)24(32)30-10-11-34-19(30)13-26-23(31)17-8-5-9-18-22(17)35-14-27-18/h4-9,12,14,19H,10-11,13H2,1-3H3,(H,26,31). The summed E-state index contributed by atoms with van der Waals surface area (Å²) in [7, 11) is 5.39. The Morgan fingerprint density at radius 3 is 2.89 bits per heavy atom. The molecule has 9 nitrogen and oxygen atoms in total. The minimum Gasteiger partial charge on any atom is -0.497 e. The van der Waals surface area contributed by atoms with Gasteiger partial charge in [0.25, 0.3) is 11.8 Å². The molecule has 36 heavy (non-hydrogen) atoms. The first-order chi connectivity index (χ1) is 17.5. The van der Waals surface area contributed by atoms with Gasteiger partial charge in [-0.1, -0.05) is 29.5 Å². The van der Waals surface area contributed by atoms with E-state index in [1.807, 2.05) is 55.4 Å². The lowest BCUT2D eigenvalue weighted by molar-refractivity contribution is 0.0277. The predicted octanol–water partition coefficient (Wildman–Crippen LogP) is 3.72. The van der Waals surface area contributed by atoms with Crippen molar-refractivity contribution in [3.63, 3.8) is 0 Å².